The molecular formula is C23H30FN3O3. The van der Waals surface area contributed by atoms with E-state index in [1.54, 1.807) is 0 Å². The molecule has 30 heavy (non-hydrogen) atoms. The van der Waals surface area contributed by atoms with E-state index in [9.17, 15) is 18.8 Å². The van der Waals surface area contributed by atoms with Crippen LogP contribution in [0.4, 0.5) is 4.39 Å². The molecule has 162 valence electrons. The number of amides is 3. The lowest BCUT2D eigenvalue weighted by molar-refractivity contribution is -0.137. The Bertz CT molecular complexity index is 779. The van der Waals surface area contributed by atoms with Gasteiger partial charge in [0.25, 0.3) is 5.91 Å². The molecule has 0 bridgehead atoms. The molecule has 7 heteroatoms. The summed E-state index contributed by atoms with van der Waals surface area (Å²) in [6, 6.07) is 4.87. The van der Waals surface area contributed by atoms with E-state index in [0.29, 0.717) is 31.5 Å². The highest BCUT2D eigenvalue weighted by atomic mass is 19.1. The van der Waals surface area contributed by atoms with Crippen molar-refractivity contribution in [2.75, 3.05) is 13.1 Å². The summed E-state index contributed by atoms with van der Waals surface area (Å²) in [6.07, 6.45) is 7.54. The summed E-state index contributed by atoms with van der Waals surface area (Å²) in [6.45, 7) is 1.25. The molecule has 3 amide bonds. The van der Waals surface area contributed by atoms with Gasteiger partial charge >= 0.3 is 0 Å². The van der Waals surface area contributed by atoms with Crippen LogP contribution in [-0.2, 0) is 9.59 Å². The molecule has 3 fully saturated rings. The van der Waals surface area contributed by atoms with Gasteiger partial charge in [-0.3, -0.25) is 14.4 Å². The zero-order chi connectivity index (χ0) is 21.1. The molecule has 0 aromatic heterocycles. The van der Waals surface area contributed by atoms with Gasteiger partial charge in [-0.05, 0) is 68.7 Å². The van der Waals surface area contributed by atoms with E-state index in [4.69, 9.17) is 0 Å². The number of carbonyl (C=O) groups is 3. The fourth-order valence-corrected chi connectivity index (χ4v) is 4.63. The first-order valence-corrected chi connectivity index (χ1v) is 11.2. The summed E-state index contributed by atoms with van der Waals surface area (Å²) < 4.78 is 13.2. The number of halogens is 1. The monoisotopic (exact) mass is 415 g/mol. The molecule has 1 saturated heterocycles. The van der Waals surface area contributed by atoms with Crippen LogP contribution < -0.4 is 10.6 Å². The van der Waals surface area contributed by atoms with E-state index < -0.39 is 11.9 Å². The number of piperidine rings is 1. The lowest BCUT2D eigenvalue weighted by Gasteiger charge is -2.36. The Hall–Kier alpha value is -2.44. The van der Waals surface area contributed by atoms with Crippen LogP contribution in [0.5, 0.6) is 0 Å². The number of rotatable bonds is 6. The minimum atomic E-state index is -0.646. The summed E-state index contributed by atoms with van der Waals surface area (Å²) in [5, 5.41) is 5.88. The molecule has 1 aliphatic heterocycles. The lowest BCUT2D eigenvalue weighted by atomic mass is 9.87. The summed E-state index contributed by atoms with van der Waals surface area (Å²) in [5.74, 6) is -0.562. The van der Waals surface area contributed by atoms with Gasteiger partial charge in [0.1, 0.15) is 11.9 Å². The van der Waals surface area contributed by atoms with Gasteiger partial charge in [-0.25, -0.2) is 4.39 Å². The van der Waals surface area contributed by atoms with Gasteiger partial charge in [-0.2, -0.15) is 0 Å². The molecule has 1 atom stereocenters. The van der Waals surface area contributed by atoms with Crippen LogP contribution in [-0.4, -0.2) is 47.8 Å². The van der Waals surface area contributed by atoms with E-state index in [1.165, 1.54) is 24.3 Å². The Morgan fingerprint density at radius 3 is 2.17 bits per heavy atom. The minimum Gasteiger partial charge on any atom is -0.352 e. The largest absolute Gasteiger partial charge is 0.352 e. The van der Waals surface area contributed by atoms with Gasteiger partial charge in [-0.15, -0.1) is 0 Å². The van der Waals surface area contributed by atoms with Crippen LogP contribution in [0.2, 0.25) is 0 Å². The first kappa shape index (κ1) is 20.8. The molecule has 1 unspecified atom stereocenters. The first-order valence-electron chi connectivity index (χ1n) is 11.2. The number of hydrogen-bond acceptors (Lipinski definition) is 3. The number of hydrogen-bond donors (Lipinski definition) is 2. The Kier molecular flexibility index (Phi) is 6.35. The van der Waals surface area contributed by atoms with Gasteiger partial charge in [-0.1, -0.05) is 12.8 Å². The maximum Gasteiger partial charge on any atom is 0.251 e. The zero-order valence-electron chi connectivity index (χ0n) is 17.2. The number of nitrogens with zero attached hydrogens (tertiary/aromatic N) is 1. The smallest absolute Gasteiger partial charge is 0.251 e. The van der Waals surface area contributed by atoms with E-state index in [2.05, 4.69) is 10.6 Å². The number of nitrogens with one attached hydrogen (secondary N) is 2. The highest BCUT2D eigenvalue weighted by molar-refractivity contribution is 5.97. The zero-order valence-corrected chi connectivity index (χ0v) is 17.2. The molecule has 2 N–H and O–H groups in total. The summed E-state index contributed by atoms with van der Waals surface area (Å²) in [4.78, 5) is 40.2. The van der Waals surface area contributed by atoms with Crippen LogP contribution in [0, 0.1) is 17.7 Å². The van der Waals surface area contributed by atoms with Crippen molar-refractivity contribution in [1.29, 1.82) is 0 Å². The Morgan fingerprint density at radius 1 is 0.933 bits per heavy atom. The Balaban J connectivity index is 1.39. The van der Waals surface area contributed by atoms with Crippen LogP contribution in [0.3, 0.4) is 0 Å². The molecule has 2 aliphatic carbocycles. The second-order valence-electron chi connectivity index (χ2n) is 8.88. The normalized spacial score (nSPS) is 21.3. The van der Waals surface area contributed by atoms with Crippen molar-refractivity contribution < 1.29 is 18.8 Å². The summed E-state index contributed by atoms with van der Waals surface area (Å²) in [7, 11) is 0. The molecule has 4 rings (SSSR count). The number of likely N-dealkylation sites (tertiary alicyclic amines) is 1. The van der Waals surface area contributed by atoms with Crippen LogP contribution >= 0.6 is 0 Å². The van der Waals surface area contributed by atoms with E-state index >= 15 is 0 Å². The molecular weight excluding hydrogens is 385 g/mol. The standard InChI is InChI=1S/C23H30FN3O3/c24-18-7-5-16(6-8-18)21(28)26-20(22(29)25-19-9-10-19)15-11-13-27(14-12-15)23(30)17-3-1-2-4-17/h5-8,15,17,19-20H,1-4,9-14H2,(H,25,29)(H,26,28). The summed E-state index contributed by atoms with van der Waals surface area (Å²) >= 11 is 0. The molecule has 1 heterocycles. The molecule has 0 spiro atoms. The highest BCUT2D eigenvalue weighted by Crippen LogP contribution is 2.29. The van der Waals surface area contributed by atoms with Gasteiger partial charge in [0.15, 0.2) is 0 Å². The Labute approximate surface area is 176 Å². The maximum absolute atomic E-state index is 13.2. The van der Waals surface area contributed by atoms with Crippen LogP contribution in [0.25, 0.3) is 0 Å². The third kappa shape index (κ3) is 4.99. The second-order valence-corrected chi connectivity index (χ2v) is 8.88. The molecule has 3 aliphatic rings. The molecule has 1 aromatic rings. The fraction of sp³-hybridized carbons (Fsp3) is 0.609. The first-order chi connectivity index (χ1) is 14.5. The van der Waals surface area contributed by atoms with Gasteiger partial charge < -0.3 is 15.5 Å². The average Bonchev–Trinajstić information content (AvgIpc) is 3.40. The van der Waals surface area contributed by atoms with Crippen molar-refractivity contribution in [3.8, 4) is 0 Å². The predicted molar refractivity (Wildman–Crippen MR) is 110 cm³/mol. The van der Waals surface area contributed by atoms with E-state index in [0.717, 1.165) is 38.5 Å². The highest BCUT2D eigenvalue weighted by Gasteiger charge is 2.37. The van der Waals surface area contributed by atoms with Gasteiger partial charge in [0.2, 0.25) is 11.8 Å². The minimum absolute atomic E-state index is 0.0271. The van der Waals surface area contributed by atoms with E-state index in [-0.39, 0.29) is 35.6 Å². The number of benzene rings is 1. The van der Waals surface area contributed by atoms with Crippen LogP contribution in [0.1, 0.15) is 61.7 Å². The average molecular weight is 416 g/mol. The topological polar surface area (TPSA) is 78.5 Å². The van der Waals surface area contributed by atoms with Gasteiger partial charge in [0, 0.05) is 30.6 Å². The quantitative estimate of drug-likeness (QED) is 0.750. The van der Waals surface area contributed by atoms with Crippen molar-refractivity contribution in [2.24, 2.45) is 11.8 Å². The third-order valence-electron chi connectivity index (χ3n) is 6.63. The van der Waals surface area contributed by atoms with E-state index in [1.807, 2.05) is 4.90 Å². The third-order valence-corrected chi connectivity index (χ3v) is 6.63. The molecule has 2 saturated carbocycles. The Morgan fingerprint density at radius 2 is 1.57 bits per heavy atom. The SMILES string of the molecule is O=C(NC(C(=O)NC1CC1)C1CCN(C(=O)C2CCCC2)CC1)c1ccc(F)cc1. The van der Waals surface area contributed by atoms with Gasteiger partial charge in [0.05, 0.1) is 0 Å². The fourth-order valence-electron chi connectivity index (χ4n) is 4.63. The number of carbonyl (C=O) groups excluding carboxylic acids is 3. The van der Waals surface area contributed by atoms with Crippen LogP contribution in [0.15, 0.2) is 24.3 Å². The van der Waals surface area contributed by atoms with Crippen molar-refractivity contribution in [3.05, 3.63) is 35.6 Å². The molecule has 0 radical (unpaired) electrons. The lowest BCUT2D eigenvalue weighted by Crippen LogP contribution is -2.54. The second kappa shape index (κ2) is 9.14. The van der Waals surface area contributed by atoms with Crippen molar-refractivity contribution in [1.82, 2.24) is 15.5 Å². The van der Waals surface area contributed by atoms with Crippen molar-refractivity contribution in [2.45, 2.75) is 63.5 Å². The maximum atomic E-state index is 13.2. The predicted octanol–water partition coefficient (Wildman–Crippen LogP) is 2.63. The van der Waals surface area contributed by atoms with Crippen molar-refractivity contribution in [3.63, 3.8) is 0 Å². The summed E-state index contributed by atoms with van der Waals surface area (Å²) in [5.41, 5.74) is 0.328. The molecule has 6 nitrogen and oxygen atoms in total. The van der Waals surface area contributed by atoms with Crippen molar-refractivity contribution >= 4 is 17.7 Å². The molecule has 1 aromatic carbocycles.